The molecule has 0 aliphatic carbocycles. The molecule has 0 atom stereocenters. The van der Waals surface area contributed by atoms with Gasteiger partial charge in [0, 0.05) is 17.1 Å². The van der Waals surface area contributed by atoms with Crippen LogP contribution in [0.5, 0.6) is 0 Å². The van der Waals surface area contributed by atoms with E-state index in [9.17, 15) is 27.2 Å². The highest BCUT2D eigenvalue weighted by Crippen LogP contribution is 2.33. The van der Waals surface area contributed by atoms with Gasteiger partial charge in [-0.25, -0.2) is 4.39 Å². The SMILES string of the molecule is O=C(Nc1ccc(C(F)(F)F)cc1Cl)c1c[nH]c2ccc(F)cc2c1=O. The lowest BCUT2D eigenvalue weighted by Crippen LogP contribution is -2.22. The molecule has 1 aromatic heterocycles. The number of benzene rings is 2. The predicted molar refractivity (Wildman–Crippen MR) is 88.9 cm³/mol. The molecular weight excluding hydrogens is 376 g/mol. The van der Waals surface area contributed by atoms with Crippen LogP contribution in [0.4, 0.5) is 23.2 Å². The Hall–Kier alpha value is -2.87. The third kappa shape index (κ3) is 3.41. The van der Waals surface area contributed by atoms with Gasteiger partial charge >= 0.3 is 6.18 Å². The second kappa shape index (κ2) is 6.45. The molecule has 0 fully saturated rings. The minimum Gasteiger partial charge on any atom is -0.360 e. The molecule has 3 rings (SSSR count). The fraction of sp³-hybridized carbons (Fsp3) is 0.0588. The van der Waals surface area contributed by atoms with Crippen molar-refractivity contribution in [2.75, 3.05) is 5.32 Å². The summed E-state index contributed by atoms with van der Waals surface area (Å²) in [7, 11) is 0. The number of H-pyrrole nitrogens is 1. The molecule has 26 heavy (non-hydrogen) atoms. The number of pyridine rings is 1. The lowest BCUT2D eigenvalue weighted by molar-refractivity contribution is -0.137. The van der Waals surface area contributed by atoms with Crippen molar-refractivity contribution < 1.29 is 22.4 Å². The summed E-state index contributed by atoms with van der Waals surface area (Å²) in [5.41, 5.74) is -1.79. The average Bonchev–Trinajstić information content (AvgIpc) is 2.56. The molecule has 4 nitrogen and oxygen atoms in total. The number of hydrogen-bond acceptors (Lipinski definition) is 2. The monoisotopic (exact) mass is 384 g/mol. The first kappa shape index (κ1) is 17.9. The normalized spacial score (nSPS) is 11.6. The van der Waals surface area contributed by atoms with Gasteiger partial charge in [-0.05, 0) is 36.4 Å². The fourth-order valence-electron chi connectivity index (χ4n) is 2.34. The van der Waals surface area contributed by atoms with E-state index in [2.05, 4.69) is 10.3 Å². The van der Waals surface area contributed by atoms with Crippen molar-refractivity contribution in [2.45, 2.75) is 6.18 Å². The lowest BCUT2D eigenvalue weighted by Gasteiger charge is -2.11. The number of amides is 1. The summed E-state index contributed by atoms with van der Waals surface area (Å²) in [5, 5.41) is 1.91. The minimum atomic E-state index is -4.58. The molecule has 0 saturated carbocycles. The van der Waals surface area contributed by atoms with Gasteiger partial charge in [0.15, 0.2) is 0 Å². The van der Waals surface area contributed by atoms with Gasteiger partial charge in [0.05, 0.1) is 16.3 Å². The Balaban J connectivity index is 1.95. The number of carbonyl (C=O) groups is 1. The highest BCUT2D eigenvalue weighted by molar-refractivity contribution is 6.34. The molecule has 0 saturated heterocycles. The first-order valence-corrected chi connectivity index (χ1v) is 7.53. The summed E-state index contributed by atoms with van der Waals surface area (Å²) in [5.74, 6) is -1.54. The molecule has 0 bridgehead atoms. The largest absolute Gasteiger partial charge is 0.416 e. The van der Waals surface area contributed by atoms with Gasteiger partial charge in [0.25, 0.3) is 5.91 Å². The van der Waals surface area contributed by atoms with E-state index in [1.54, 1.807) is 0 Å². The topological polar surface area (TPSA) is 62.0 Å². The molecule has 2 aromatic carbocycles. The van der Waals surface area contributed by atoms with Crippen molar-refractivity contribution in [1.82, 2.24) is 4.98 Å². The van der Waals surface area contributed by atoms with E-state index in [0.29, 0.717) is 11.6 Å². The Morgan fingerprint density at radius 1 is 1.12 bits per heavy atom. The van der Waals surface area contributed by atoms with Crippen LogP contribution in [0.1, 0.15) is 15.9 Å². The summed E-state index contributed by atoms with van der Waals surface area (Å²) >= 11 is 5.77. The maximum absolute atomic E-state index is 13.3. The second-order valence-electron chi connectivity index (χ2n) is 5.37. The van der Waals surface area contributed by atoms with Gasteiger partial charge in [0.2, 0.25) is 5.43 Å². The highest BCUT2D eigenvalue weighted by atomic mass is 35.5. The van der Waals surface area contributed by atoms with E-state index >= 15 is 0 Å². The molecule has 3 aromatic rings. The second-order valence-corrected chi connectivity index (χ2v) is 5.78. The highest BCUT2D eigenvalue weighted by Gasteiger charge is 2.31. The van der Waals surface area contributed by atoms with Crippen LogP contribution in [0, 0.1) is 5.82 Å². The van der Waals surface area contributed by atoms with Crippen LogP contribution in [-0.4, -0.2) is 10.9 Å². The molecule has 0 unspecified atom stereocenters. The van der Waals surface area contributed by atoms with Crippen molar-refractivity contribution in [3.05, 3.63) is 74.8 Å². The molecule has 134 valence electrons. The standard InChI is InChI=1S/C17H9ClF4N2O2/c18-12-5-8(17(20,21)22)1-3-14(12)24-16(26)11-7-23-13-4-2-9(19)6-10(13)15(11)25/h1-7H,(H,23,25)(H,24,26). The first-order chi connectivity index (χ1) is 12.2. The Labute approximate surface area is 148 Å². The van der Waals surface area contributed by atoms with E-state index < -0.39 is 28.9 Å². The van der Waals surface area contributed by atoms with Gasteiger partial charge < -0.3 is 10.3 Å². The number of aromatic amines is 1. The molecule has 1 amide bonds. The third-order valence-corrected chi connectivity index (χ3v) is 3.94. The van der Waals surface area contributed by atoms with Gasteiger partial charge in [0.1, 0.15) is 11.4 Å². The molecule has 9 heteroatoms. The van der Waals surface area contributed by atoms with Crippen molar-refractivity contribution in [3.8, 4) is 0 Å². The minimum absolute atomic E-state index is 0.0313. The molecule has 0 spiro atoms. The Morgan fingerprint density at radius 2 is 1.85 bits per heavy atom. The van der Waals surface area contributed by atoms with Crippen molar-refractivity contribution in [1.29, 1.82) is 0 Å². The van der Waals surface area contributed by atoms with Gasteiger partial charge in [-0.2, -0.15) is 13.2 Å². The van der Waals surface area contributed by atoms with Crippen LogP contribution in [0.15, 0.2) is 47.4 Å². The molecule has 2 N–H and O–H groups in total. The van der Waals surface area contributed by atoms with Crippen molar-refractivity contribution in [3.63, 3.8) is 0 Å². The maximum Gasteiger partial charge on any atom is 0.416 e. The summed E-state index contributed by atoms with van der Waals surface area (Å²) in [6.07, 6.45) is -3.44. The van der Waals surface area contributed by atoms with E-state index in [1.807, 2.05) is 0 Å². The molecule has 0 aliphatic heterocycles. The zero-order valence-corrected chi connectivity index (χ0v) is 13.5. The van der Waals surface area contributed by atoms with Crippen LogP contribution in [0.2, 0.25) is 5.02 Å². The molecular formula is C17H9ClF4N2O2. The van der Waals surface area contributed by atoms with Gasteiger partial charge in [-0.15, -0.1) is 0 Å². The van der Waals surface area contributed by atoms with E-state index in [4.69, 9.17) is 11.6 Å². The number of rotatable bonds is 2. The zero-order chi connectivity index (χ0) is 19.1. The smallest absolute Gasteiger partial charge is 0.360 e. The number of alkyl halides is 3. The van der Waals surface area contributed by atoms with Crippen LogP contribution >= 0.6 is 11.6 Å². The summed E-state index contributed by atoms with van der Waals surface area (Å²) in [6.45, 7) is 0. The lowest BCUT2D eigenvalue weighted by atomic mass is 10.1. The number of halogens is 5. The van der Waals surface area contributed by atoms with Crippen LogP contribution < -0.4 is 10.7 Å². The van der Waals surface area contributed by atoms with E-state index in [1.165, 1.54) is 6.07 Å². The number of aromatic nitrogens is 1. The summed E-state index contributed by atoms with van der Waals surface area (Å²) in [6, 6.07) is 5.88. The average molecular weight is 385 g/mol. The van der Waals surface area contributed by atoms with E-state index in [0.717, 1.165) is 30.5 Å². The van der Waals surface area contributed by atoms with E-state index in [-0.39, 0.29) is 21.7 Å². The molecule has 1 heterocycles. The number of hydrogen-bond donors (Lipinski definition) is 2. The van der Waals surface area contributed by atoms with Crippen molar-refractivity contribution >= 4 is 34.1 Å². The molecule has 0 radical (unpaired) electrons. The summed E-state index contributed by atoms with van der Waals surface area (Å²) in [4.78, 5) is 27.3. The predicted octanol–water partition coefficient (Wildman–Crippen LogP) is 4.59. The van der Waals surface area contributed by atoms with Crippen LogP contribution in [0.3, 0.4) is 0 Å². The van der Waals surface area contributed by atoms with Crippen LogP contribution in [0.25, 0.3) is 10.9 Å². The van der Waals surface area contributed by atoms with Gasteiger partial charge in [-0.3, -0.25) is 9.59 Å². The number of carbonyl (C=O) groups excluding carboxylic acids is 1. The number of fused-ring (bicyclic) bond motifs is 1. The molecule has 0 aliphatic rings. The zero-order valence-electron chi connectivity index (χ0n) is 12.7. The fourth-order valence-corrected chi connectivity index (χ4v) is 2.57. The first-order valence-electron chi connectivity index (χ1n) is 7.16. The Kier molecular flexibility index (Phi) is 4.45. The third-order valence-electron chi connectivity index (χ3n) is 3.63. The van der Waals surface area contributed by atoms with Gasteiger partial charge in [-0.1, -0.05) is 11.6 Å². The van der Waals surface area contributed by atoms with Crippen LogP contribution in [-0.2, 0) is 6.18 Å². The number of anilines is 1. The number of nitrogens with one attached hydrogen (secondary N) is 2. The maximum atomic E-state index is 13.3. The Morgan fingerprint density at radius 3 is 2.50 bits per heavy atom. The van der Waals surface area contributed by atoms with Crippen molar-refractivity contribution in [2.24, 2.45) is 0 Å². The summed E-state index contributed by atoms with van der Waals surface area (Å²) < 4.78 is 51.2. The Bertz CT molecular complexity index is 1080. The quantitative estimate of drug-likeness (QED) is 0.635.